The molecule has 0 bridgehead atoms. The van der Waals surface area contributed by atoms with Gasteiger partial charge in [-0.05, 0) is 26.7 Å². The number of carbonyl (C=O) groups excluding carboxylic acids is 2. The average Bonchev–Trinajstić information content (AvgIpc) is 3.11. The van der Waals surface area contributed by atoms with Gasteiger partial charge in [0.05, 0.1) is 23.3 Å². The molecule has 0 radical (unpaired) electrons. The molecular formula is C16H20N4O3S2. The summed E-state index contributed by atoms with van der Waals surface area (Å²) in [4.78, 5) is 39.9. The van der Waals surface area contributed by atoms with E-state index in [1.54, 1.807) is 5.51 Å². The fourth-order valence-corrected chi connectivity index (χ4v) is 4.48. The van der Waals surface area contributed by atoms with Crippen LogP contribution in [0.3, 0.4) is 0 Å². The van der Waals surface area contributed by atoms with Gasteiger partial charge in [0.1, 0.15) is 21.7 Å². The number of aromatic nitrogens is 3. The Morgan fingerprint density at radius 1 is 1.36 bits per heavy atom. The number of ether oxygens (including phenoxy) is 1. The topological polar surface area (TPSA) is 85.3 Å². The highest BCUT2D eigenvalue weighted by molar-refractivity contribution is 8.00. The van der Waals surface area contributed by atoms with Crippen LogP contribution in [-0.4, -0.2) is 56.7 Å². The Morgan fingerprint density at radius 3 is 2.84 bits per heavy atom. The number of fused-ring (bicyclic) bond motifs is 1. The molecule has 1 amide bonds. The van der Waals surface area contributed by atoms with E-state index < -0.39 is 0 Å². The van der Waals surface area contributed by atoms with Crippen LogP contribution in [0.4, 0.5) is 0 Å². The fraction of sp³-hybridized carbons (Fsp3) is 0.562. The number of amides is 1. The van der Waals surface area contributed by atoms with E-state index in [4.69, 9.17) is 4.74 Å². The van der Waals surface area contributed by atoms with E-state index in [1.165, 1.54) is 29.4 Å². The van der Waals surface area contributed by atoms with Gasteiger partial charge in [-0.2, -0.15) is 0 Å². The maximum Gasteiger partial charge on any atom is 0.309 e. The first kappa shape index (κ1) is 18.1. The molecule has 0 N–H and O–H groups in total. The summed E-state index contributed by atoms with van der Waals surface area (Å²) in [5.41, 5.74) is 2.48. The van der Waals surface area contributed by atoms with Gasteiger partial charge >= 0.3 is 5.97 Å². The summed E-state index contributed by atoms with van der Waals surface area (Å²) in [5.74, 6) is -0.179. The quantitative estimate of drug-likeness (QED) is 0.447. The molecule has 0 aromatic carbocycles. The average molecular weight is 380 g/mol. The van der Waals surface area contributed by atoms with E-state index >= 15 is 0 Å². The van der Waals surface area contributed by atoms with Crippen LogP contribution in [0.15, 0.2) is 16.9 Å². The van der Waals surface area contributed by atoms with Gasteiger partial charge in [-0.3, -0.25) is 9.59 Å². The zero-order valence-electron chi connectivity index (χ0n) is 14.2. The summed E-state index contributed by atoms with van der Waals surface area (Å²) >= 11 is 2.86. The van der Waals surface area contributed by atoms with Crippen molar-refractivity contribution in [3.8, 4) is 0 Å². The molecule has 3 rings (SSSR count). The lowest BCUT2D eigenvalue weighted by molar-refractivity contribution is -0.151. The van der Waals surface area contributed by atoms with Gasteiger partial charge in [0.2, 0.25) is 5.91 Å². The third kappa shape index (κ3) is 4.09. The number of likely N-dealkylation sites (tertiary alicyclic amines) is 1. The highest BCUT2D eigenvalue weighted by Gasteiger charge is 2.30. The molecule has 2 aromatic heterocycles. The summed E-state index contributed by atoms with van der Waals surface area (Å²) in [6.07, 6.45) is 2.82. The predicted molar refractivity (Wildman–Crippen MR) is 96.5 cm³/mol. The number of thioether (sulfide) groups is 1. The maximum absolute atomic E-state index is 12.7. The first-order chi connectivity index (χ1) is 12.1. The Morgan fingerprint density at radius 2 is 2.12 bits per heavy atom. The van der Waals surface area contributed by atoms with Gasteiger partial charge in [-0.25, -0.2) is 15.0 Å². The lowest BCUT2D eigenvalue weighted by Gasteiger charge is -2.32. The van der Waals surface area contributed by atoms with E-state index in [0.29, 0.717) is 32.5 Å². The minimum absolute atomic E-state index is 0.0642. The molecular weight excluding hydrogens is 360 g/mol. The molecule has 1 aliphatic rings. The first-order valence-electron chi connectivity index (χ1n) is 8.26. The Hall–Kier alpha value is -1.74. The van der Waals surface area contributed by atoms with Crippen LogP contribution in [0.25, 0.3) is 10.3 Å². The van der Waals surface area contributed by atoms with Crippen molar-refractivity contribution in [1.29, 1.82) is 0 Å². The Labute approximate surface area is 154 Å². The monoisotopic (exact) mass is 380 g/mol. The summed E-state index contributed by atoms with van der Waals surface area (Å²) in [6.45, 7) is 5.26. The molecule has 1 unspecified atom stereocenters. The molecule has 25 heavy (non-hydrogen) atoms. The number of piperidine rings is 1. The van der Waals surface area contributed by atoms with Crippen LogP contribution in [0.1, 0.15) is 26.7 Å². The third-order valence-corrected chi connectivity index (χ3v) is 5.97. The second-order valence-electron chi connectivity index (χ2n) is 5.80. The van der Waals surface area contributed by atoms with Gasteiger partial charge in [0.25, 0.3) is 0 Å². The highest BCUT2D eigenvalue weighted by atomic mass is 32.2. The molecule has 7 nitrogen and oxygen atoms in total. The van der Waals surface area contributed by atoms with Gasteiger partial charge in [-0.15, -0.1) is 11.3 Å². The van der Waals surface area contributed by atoms with Crippen molar-refractivity contribution in [2.24, 2.45) is 5.92 Å². The van der Waals surface area contributed by atoms with Crippen molar-refractivity contribution in [2.45, 2.75) is 37.0 Å². The molecule has 1 atom stereocenters. The predicted octanol–water partition coefficient (Wildman–Crippen LogP) is 2.37. The molecule has 3 heterocycles. The second-order valence-corrected chi connectivity index (χ2v) is 7.96. The molecule has 0 saturated carbocycles. The van der Waals surface area contributed by atoms with E-state index in [2.05, 4.69) is 15.0 Å². The number of hydrogen-bond acceptors (Lipinski definition) is 8. The normalized spacial score (nSPS) is 16.8. The number of thiazole rings is 1. The number of esters is 1. The summed E-state index contributed by atoms with van der Waals surface area (Å²) in [5, 5.41) is 0.465. The smallest absolute Gasteiger partial charge is 0.309 e. The highest BCUT2D eigenvalue weighted by Crippen LogP contribution is 2.30. The molecule has 0 spiro atoms. The van der Waals surface area contributed by atoms with Crippen molar-refractivity contribution >= 4 is 45.3 Å². The largest absolute Gasteiger partial charge is 0.466 e. The number of hydrogen-bond donors (Lipinski definition) is 0. The van der Waals surface area contributed by atoms with Gasteiger partial charge in [0, 0.05) is 13.1 Å². The van der Waals surface area contributed by atoms with Crippen LogP contribution in [0.2, 0.25) is 0 Å². The SMILES string of the molecule is CCOC(=O)C1CCN(C(=O)C(C)Sc2ncnc3scnc23)CC1. The molecule has 1 aliphatic heterocycles. The van der Waals surface area contributed by atoms with Gasteiger partial charge in [0.15, 0.2) is 0 Å². The van der Waals surface area contributed by atoms with E-state index in [-0.39, 0.29) is 23.0 Å². The van der Waals surface area contributed by atoms with E-state index in [1.807, 2.05) is 18.7 Å². The van der Waals surface area contributed by atoms with Crippen LogP contribution in [-0.2, 0) is 14.3 Å². The number of carbonyl (C=O) groups is 2. The second kappa shape index (κ2) is 8.09. The van der Waals surface area contributed by atoms with Crippen LogP contribution < -0.4 is 0 Å². The Kier molecular flexibility index (Phi) is 5.85. The first-order valence-corrected chi connectivity index (χ1v) is 10.0. The van der Waals surface area contributed by atoms with Crippen LogP contribution in [0, 0.1) is 5.92 Å². The maximum atomic E-state index is 12.7. The van der Waals surface area contributed by atoms with Crippen molar-refractivity contribution < 1.29 is 14.3 Å². The third-order valence-electron chi connectivity index (χ3n) is 4.16. The van der Waals surface area contributed by atoms with Gasteiger partial charge < -0.3 is 9.64 Å². The fourth-order valence-electron chi connectivity index (χ4n) is 2.83. The Bertz CT molecular complexity index is 759. The molecule has 1 fully saturated rings. The van der Waals surface area contributed by atoms with Crippen molar-refractivity contribution in [1.82, 2.24) is 19.9 Å². The minimum Gasteiger partial charge on any atom is -0.466 e. The van der Waals surface area contributed by atoms with Crippen LogP contribution in [0.5, 0.6) is 0 Å². The standard InChI is InChI=1S/C16H20N4O3S2/c1-3-23-16(22)11-4-6-20(7-5-11)15(21)10(2)25-14-12-13(17-8-18-14)24-9-19-12/h8-11H,3-7H2,1-2H3. The zero-order chi connectivity index (χ0) is 17.8. The van der Waals surface area contributed by atoms with Crippen molar-refractivity contribution in [3.63, 3.8) is 0 Å². The zero-order valence-corrected chi connectivity index (χ0v) is 15.8. The number of rotatable bonds is 5. The Balaban J connectivity index is 1.58. The van der Waals surface area contributed by atoms with Crippen molar-refractivity contribution in [2.75, 3.05) is 19.7 Å². The van der Waals surface area contributed by atoms with Crippen molar-refractivity contribution in [3.05, 3.63) is 11.8 Å². The minimum atomic E-state index is -0.265. The molecule has 2 aromatic rings. The lowest BCUT2D eigenvalue weighted by atomic mass is 9.97. The summed E-state index contributed by atoms with van der Waals surface area (Å²) in [6, 6.07) is 0. The molecule has 9 heteroatoms. The molecule has 134 valence electrons. The van der Waals surface area contributed by atoms with E-state index in [9.17, 15) is 9.59 Å². The van der Waals surface area contributed by atoms with E-state index in [0.717, 1.165) is 15.4 Å². The molecule has 1 saturated heterocycles. The van der Waals surface area contributed by atoms with Crippen LogP contribution >= 0.6 is 23.1 Å². The lowest BCUT2D eigenvalue weighted by Crippen LogP contribution is -2.43. The number of nitrogens with zero attached hydrogens (tertiary/aromatic N) is 4. The van der Waals surface area contributed by atoms with Gasteiger partial charge in [-0.1, -0.05) is 11.8 Å². The summed E-state index contributed by atoms with van der Waals surface area (Å²) < 4.78 is 5.07. The summed E-state index contributed by atoms with van der Waals surface area (Å²) in [7, 11) is 0. The molecule has 0 aliphatic carbocycles.